The number of hydrogen-bond donors (Lipinski definition) is 1. The molecule has 1 unspecified atom stereocenters. The molecule has 4 rings (SSSR count). The summed E-state index contributed by atoms with van der Waals surface area (Å²) in [6, 6.07) is 13.4. The molecule has 1 aliphatic rings. The number of carboxylic acid groups (broad SMARTS) is 1. The van der Waals surface area contributed by atoms with Crippen molar-refractivity contribution in [3.63, 3.8) is 0 Å². The van der Waals surface area contributed by atoms with Crippen molar-refractivity contribution in [3.8, 4) is 11.3 Å². The van der Waals surface area contributed by atoms with E-state index in [9.17, 15) is 9.90 Å². The molecule has 2 heterocycles. The quantitative estimate of drug-likeness (QED) is 0.489. The number of aromatic nitrogens is 2. The lowest BCUT2D eigenvalue weighted by Crippen LogP contribution is -2.59. The molecule has 31 heavy (non-hydrogen) atoms. The number of carbonyl (C=O) groups is 1. The molecule has 1 atom stereocenters. The summed E-state index contributed by atoms with van der Waals surface area (Å²) in [5.74, 6) is 0. The average molecular weight is 459 g/mol. The third-order valence-corrected chi connectivity index (χ3v) is 6.15. The highest BCUT2D eigenvalue weighted by atomic mass is 35.5. The van der Waals surface area contributed by atoms with Crippen molar-refractivity contribution in [2.45, 2.75) is 26.8 Å². The number of halogens is 2. The van der Waals surface area contributed by atoms with Crippen LogP contribution in [0.2, 0.25) is 10.3 Å². The summed E-state index contributed by atoms with van der Waals surface area (Å²) in [7, 11) is 0. The van der Waals surface area contributed by atoms with E-state index >= 15 is 0 Å². The minimum absolute atomic E-state index is 0.115. The fourth-order valence-corrected chi connectivity index (χ4v) is 4.48. The Labute approximate surface area is 191 Å². The average Bonchev–Trinajstić information content (AvgIpc) is 2.72. The molecule has 6 nitrogen and oxygen atoms in total. The normalized spacial score (nSPS) is 17.3. The van der Waals surface area contributed by atoms with Gasteiger partial charge in [0.15, 0.2) is 0 Å². The molecule has 0 radical (unpaired) electrons. The van der Waals surface area contributed by atoms with Crippen molar-refractivity contribution in [3.05, 3.63) is 52.8 Å². The SMILES string of the molecule is CC(C)(C)C1CN(c2cccc(-c3nc(Cl)nc4ccc(Cl)cc34)c2)CCN1C(=O)O. The van der Waals surface area contributed by atoms with Crippen LogP contribution in [0.15, 0.2) is 42.5 Å². The molecule has 1 aliphatic heterocycles. The first kappa shape index (κ1) is 21.7. The summed E-state index contributed by atoms with van der Waals surface area (Å²) >= 11 is 12.4. The number of hydrogen-bond acceptors (Lipinski definition) is 4. The zero-order valence-corrected chi connectivity index (χ0v) is 19.2. The van der Waals surface area contributed by atoms with Gasteiger partial charge in [0.05, 0.1) is 17.3 Å². The number of amides is 1. The molecule has 0 bridgehead atoms. The topological polar surface area (TPSA) is 69.6 Å². The Morgan fingerprint density at radius 1 is 1.10 bits per heavy atom. The van der Waals surface area contributed by atoms with Gasteiger partial charge in [-0.3, -0.25) is 0 Å². The predicted octanol–water partition coefficient (Wildman–Crippen LogP) is 5.82. The van der Waals surface area contributed by atoms with Crippen LogP contribution < -0.4 is 4.90 Å². The minimum Gasteiger partial charge on any atom is -0.465 e. The van der Waals surface area contributed by atoms with Gasteiger partial charge in [-0.2, -0.15) is 0 Å². The van der Waals surface area contributed by atoms with Crippen LogP contribution in [0.5, 0.6) is 0 Å². The Kier molecular flexibility index (Phi) is 5.71. The highest BCUT2D eigenvalue weighted by molar-refractivity contribution is 6.31. The summed E-state index contributed by atoms with van der Waals surface area (Å²) in [4.78, 5) is 24.3. The third-order valence-electron chi connectivity index (χ3n) is 5.74. The van der Waals surface area contributed by atoms with E-state index in [-0.39, 0.29) is 16.7 Å². The molecular formula is C23H24Cl2N4O2. The summed E-state index contributed by atoms with van der Waals surface area (Å²) < 4.78 is 0. The number of benzene rings is 2. The van der Waals surface area contributed by atoms with Crippen LogP contribution in [-0.2, 0) is 0 Å². The van der Waals surface area contributed by atoms with Gasteiger partial charge in [-0.1, -0.05) is 44.5 Å². The Bertz CT molecular complexity index is 1150. The molecule has 3 aromatic rings. The summed E-state index contributed by atoms with van der Waals surface area (Å²) in [6.07, 6.45) is -0.868. The van der Waals surface area contributed by atoms with Crippen LogP contribution in [0, 0.1) is 5.41 Å². The number of anilines is 1. The van der Waals surface area contributed by atoms with Crippen LogP contribution in [0.4, 0.5) is 10.5 Å². The van der Waals surface area contributed by atoms with Crippen LogP contribution in [-0.4, -0.2) is 51.7 Å². The smallest absolute Gasteiger partial charge is 0.407 e. The molecule has 0 saturated carbocycles. The van der Waals surface area contributed by atoms with Gasteiger partial charge in [0, 0.05) is 41.3 Å². The van der Waals surface area contributed by atoms with Gasteiger partial charge in [-0.05, 0) is 47.3 Å². The lowest BCUT2D eigenvalue weighted by Gasteiger charge is -2.46. The van der Waals surface area contributed by atoms with Gasteiger partial charge < -0.3 is 14.9 Å². The van der Waals surface area contributed by atoms with Crippen LogP contribution in [0.3, 0.4) is 0 Å². The molecule has 2 aromatic carbocycles. The second-order valence-corrected chi connectivity index (χ2v) is 9.63. The van der Waals surface area contributed by atoms with Gasteiger partial charge in [-0.15, -0.1) is 0 Å². The fourth-order valence-electron chi connectivity index (χ4n) is 4.13. The minimum atomic E-state index is -0.868. The van der Waals surface area contributed by atoms with Gasteiger partial charge in [0.1, 0.15) is 0 Å². The van der Waals surface area contributed by atoms with Crippen molar-refractivity contribution in [2.75, 3.05) is 24.5 Å². The predicted molar refractivity (Wildman–Crippen MR) is 125 cm³/mol. The van der Waals surface area contributed by atoms with E-state index in [0.717, 1.165) is 27.8 Å². The fraction of sp³-hybridized carbons (Fsp3) is 0.348. The van der Waals surface area contributed by atoms with Crippen LogP contribution in [0.25, 0.3) is 22.2 Å². The molecule has 162 valence electrons. The molecule has 1 fully saturated rings. The van der Waals surface area contributed by atoms with Crippen LogP contribution >= 0.6 is 23.2 Å². The molecule has 0 aliphatic carbocycles. The van der Waals surface area contributed by atoms with E-state index in [4.69, 9.17) is 23.2 Å². The second-order valence-electron chi connectivity index (χ2n) is 8.86. The lowest BCUT2D eigenvalue weighted by atomic mass is 9.84. The zero-order chi connectivity index (χ0) is 22.3. The Morgan fingerprint density at radius 3 is 2.58 bits per heavy atom. The molecule has 8 heteroatoms. The van der Waals surface area contributed by atoms with E-state index in [1.165, 1.54) is 0 Å². The maximum absolute atomic E-state index is 11.7. The third kappa shape index (κ3) is 4.41. The van der Waals surface area contributed by atoms with E-state index in [1.807, 2.05) is 30.3 Å². The van der Waals surface area contributed by atoms with E-state index in [1.54, 1.807) is 11.0 Å². The van der Waals surface area contributed by atoms with Crippen LogP contribution in [0.1, 0.15) is 20.8 Å². The van der Waals surface area contributed by atoms with Crippen molar-refractivity contribution >= 4 is 45.9 Å². The number of piperazine rings is 1. The van der Waals surface area contributed by atoms with E-state index in [2.05, 4.69) is 41.7 Å². The van der Waals surface area contributed by atoms with Crippen molar-refractivity contribution in [1.29, 1.82) is 0 Å². The number of fused-ring (bicyclic) bond motifs is 1. The van der Waals surface area contributed by atoms with Gasteiger partial charge in [0.25, 0.3) is 0 Å². The second kappa shape index (κ2) is 8.17. The summed E-state index contributed by atoms with van der Waals surface area (Å²) in [5.41, 5.74) is 3.19. The Balaban J connectivity index is 1.72. The zero-order valence-electron chi connectivity index (χ0n) is 17.6. The standard InChI is InChI=1S/C23H24Cl2N4O2/c1-23(2,3)19-13-28(9-10-29(19)22(30)31)16-6-4-5-14(11-16)20-17-12-15(24)7-8-18(17)26-21(25)27-20/h4-8,11-12,19H,9-10,13H2,1-3H3,(H,30,31). The number of rotatable bonds is 2. The highest BCUT2D eigenvalue weighted by Crippen LogP contribution is 2.34. The maximum Gasteiger partial charge on any atom is 0.407 e. The molecule has 1 aromatic heterocycles. The Morgan fingerprint density at radius 2 is 1.87 bits per heavy atom. The molecule has 0 spiro atoms. The van der Waals surface area contributed by atoms with Gasteiger partial charge in [-0.25, -0.2) is 14.8 Å². The van der Waals surface area contributed by atoms with E-state index in [0.29, 0.717) is 24.7 Å². The van der Waals surface area contributed by atoms with E-state index < -0.39 is 6.09 Å². The monoisotopic (exact) mass is 458 g/mol. The molecule has 1 N–H and O–H groups in total. The van der Waals surface area contributed by atoms with Crippen molar-refractivity contribution in [2.24, 2.45) is 5.41 Å². The Hall–Kier alpha value is -2.57. The molecule has 1 saturated heterocycles. The van der Waals surface area contributed by atoms with Gasteiger partial charge in [0.2, 0.25) is 5.28 Å². The molecule has 1 amide bonds. The first-order valence-electron chi connectivity index (χ1n) is 10.1. The first-order valence-corrected chi connectivity index (χ1v) is 10.9. The summed E-state index contributed by atoms with van der Waals surface area (Å²) in [6.45, 7) is 7.93. The highest BCUT2D eigenvalue weighted by Gasteiger charge is 2.38. The summed E-state index contributed by atoms with van der Waals surface area (Å²) in [5, 5.41) is 11.3. The van der Waals surface area contributed by atoms with Crippen molar-refractivity contribution in [1.82, 2.24) is 14.9 Å². The molecular weight excluding hydrogens is 435 g/mol. The maximum atomic E-state index is 11.7. The number of nitrogens with zero attached hydrogens (tertiary/aromatic N) is 4. The largest absolute Gasteiger partial charge is 0.465 e. The van der Waals surface area contributed by atoms with Gasteiger partial charge >= 0.3 is 6.09 Å². The first-order chi connectivity index (χ1) is 14.6. The lowest BCUT2D eigenvalue weighted by molar-refractivity contribution is 0.0748. The van der Waals surface area contributed by atoms with Crippen molar-refractivity contribution < 1.29 is 9.90 Å².